The van der Waals surface area contributed by atoms with E-state index in [9.17, 15) is 5.11 Å². The number of aliphatic hydroxyl groups is 1. The Morgan fingerprint density at radius 1 is 1.24 bits per heavy atom. The highest BCUT2D eigenvalue weighted by Crippen LogP contribution is 2.25. The van der Waals surface area contributed by atoms with Gasteiger partial charge in [0.25, 0.3) is 0 Å². The molecule has 6 nitrogen and oxygen atoms in total. The number of rotatable bonds is 8. The standard InChI is InChI=1S/C14H22ClN5O/c1-10(21)11(6-4-2-3-5-7-15)20-9-19-12-13(16)17-8-18-14(12)20/h8-11,21H,2-7H2,1H3,(H2,16,17,18). The van der Waals surface area contributed by atoms with Crippen LogP contribution in [0, 0.1) is 0 Å². The van der Waals surface area contributed by atoms with E-state index in [0.29, 0.717) is 22.9 Å². The summed E-state index contributed by atoms with van der Waals surface area (Å²) >= 11 is 5.68. The van der Waals surface area contributed by atoms with Crippen molar-refractivity contribution in [2.75, 3.05) is 11.6 Å². The Hall–Kier alpha value is -1.40. The van der Waals surface area contributed by atoms with Crippen LogP contribution in [-0.2, 0) is 0 Å². The molecule has 3 N–H and O–H groups in total. The van der Waals surface area contributed by atoms with E-state index in [0.717, 1.165) is 32.1 Å². The molecular weight excluding hydrogens is 290 g/mol. The summed E-state index contributed by atoms with van der Waals surface area (Å²) in [6.07, 6.45) is 7.81. The SMILES string of the molecule is CC(O)C(CCCCCCCl)n1cnc2c(N)ncnc21. The summed E-state index contributed by atoms with van der Waals surface area (Å²) in [5, 5.41) is 10.1. The molecule has 0 saturated carbocycles. The zero-order valence-electron chi connectivity index (χ0n) is 12.2. The third kappa shape index (κ3) is 3.83. The lowest BCUT2D eigenvalue weighted by molar-refractivity contribution is 0.124. The largest absolute Gasteiger partial charge is 0.391 e. The van der Waals surface area contributed by atoms with Gasteiger partial charge in [-0.3, -0.25) is 0 Å². The third-order valence-corrected chi connectivity index (χ3v) is 3.95. The quantitative estimate of drug-likeness (QED) is 0.577. The van der Waals surface area contributed by atoms with Crippen LogP contribution in [-0.4, -0.2) is 36.6 Å². The number of hydrogen-bond acceptors (Lipinski definition) is 5. The molecule has 0 aliphatic heterocycles. The van der Waals surface area contributed by atoms with Gasteiger partial charge in [0, 0.05) is 5.88 Å². The molecule has 2 rings (SSSR count). The average Bonchev–Trinajstić information content (AvgIpc) is 2.88. The first-order valence-electron chi connectivity index (χ1n) is 7.32. The molecular formula is C14H22ClN5O. The monoisotopic (exact) mass is 311 g/mol. The molecule has 2 unspecified atom stereocenters. The summed E-state index contributed by atoms with van der Waals surface area (Å²) in [5.41, 5.74) is 7.06. The van der Waals surface area contributed by atoms with E-state index in [-0.39, 0.29) is 6.04 Å². The number of halogens is 1. The molecule has 2 atom stereocenters. The molecule has 2 aromatic heterocycles. The highest BCUT2D eigenvalue weighted by molar-refractivity contribution is 6.17. The van der Waals surface area contributed by atoms with Crippen molar-refractivity contribution < 1.29 is 5.11 Å². The molecule has 2 heterocycles. The first kappa shape index (κ1) is 16.0. The van der Waals surface area contributed by atoms with Gasteiger partial charge in [0.2, 0.25) is 0 Å². The van der Waals surface area contributed by atoms with E-state index < -0.39 is 6.10 Å². The summed E-state index contributed by atoms with van der Waals surface area (Å²) < 4.78 is 1.90. The number of unbranched alkanes of at least 4 members (excludes halogenated alkanes) is 3. The number of nitrogens with zero attached hydrogens (tertiary/aromatic N) is 4. The van der Waals surface area contributed by atoms with E-state index in [4.69, 9.17) is 17.3 Å². The van der Waals surface area contributed by atoms with Gasteiger partial charge >= 0.3 is 0 Å². The number of hydrogen-bond donors (Lipinski definition) is 2. The predicted molar refractivity (Wildman–Crippen MR) is 84.3 cm³/mol. The summed E-state index contributed by atoms with van der Waals surface area (Å²) in [7, 11) is 0. The summed E-state index contributed by atoms with van der Waals surface area (Å²) in [4.78, 5) is 12.4. The van der Waals surface area contributed by atoms with E-state index in [1.54, 1.807) is 13.3 Å². The lowest BCUT2D eigenvalue weighted by atomic mass is 10.0. The van der Waals surface area contributed by atoms with Gasteiger partial charge in [-0.25, -0.2) is 15.0 Å². The van der Waals surface area contributed by atoms with Gasteiger partial charge in [-0.05, 0) is 19.8 Å². The fourth-order valence-corrected chi connectivity index (χ4v) is 2.72. The van der Waals surface area contributed by atoms with Crippen LogP contribution in [0.25, 0.3) is 11.2 Å². The minimum atomic E-state index is -0.480. The topological polar surface area (TPSA) is 89.8 Å². The molecule has 0 aliphatic rings. The first-order valence-corrected chi connectivity index (χ1v) is 7.85. The van der Waals surface area contributed by atoms with Crippen LogP contribution >= 0.6 is 11.6 Å². The molecule has 116 valence electrons. The highest BCUT2D eigenvalue weighted by Gasteiger charge is 2.20. The maximum absolute atomic E-state index is 10.1. The number of nitrogen functional groups attached to an aromatic ring is 1. The van der Waals surface area contributed by atoms with E-state index in [2.05, 4.69) is 15.0 Å². The van der Waals surface area contributed by atoms with Crippen molar-refractivity contribution in [3.05, 3.63) is 12.7 Å². The summed E-state index contributed by atoms with van der Waals surface area (Å²) in [6.45, 7) is 1.79. The number of aliphatic hydroxyl groups excluding tert-OH is 1. The van der Waals surface area contributed by atoms with E-state index >= 15 is 0 Å². The zero-order valence-corrected chi connectivity index (χ0v) is 13.0. The van der Waals surface area contributed by atoms with Crippen molar-refractivity contribution in [3.8, 4) is 0 Å². The normalized spacial score (nSPS) is 14.4. The van der Waals surface area contributed by atoms with Gasteiger partial charge in [-0.2, -0.15) is 0 Å². The van der Waals surface area contributed by atoms with Crippen LogP contribution in [0.2, 0.25) is 0 Å². The lowest BCUT2D eigenvalue weighted by Gasteiger charge is -2.21. The van der Waals surface area contributed by atoms with E-state index in [1.165, 1.54) is 6.33 Å². The van der Waals surface area contributed by atoms with Gasteiger partial charge in [0.15, 0.2) is 11.5 Å². The number of nitrogens with two attached hydrogens (primary N) is 1. The lowest BCUT2D eigenvalue weighted by Crippen LogP contribution is -2.21. The third-order valence-electron chi connectivity index (χ3n) is 3.68. The summed E-state index contributed by atoms with van der Waals surface area (Å²) in [6, 6.07) is -0.0553. The summed E-state index contributed by atoms with van der Waals surface area (Å²) in [5.74, 6) is 1.08. The van der Waals surface area contributed by atoms with Crippen molar-refractivity contribution in [2.24, 2.45) is 0 Å². The Labute approximate surface area is 129 Å². The second-order valence-corrected chi connectivity index (χ2v) is 5.66. The second kappa shape index (κ2) is 7.56. The Balaban J connectivity index is 2.11. The average molecular weight is 312 g/mol. The Kier molecular flexibility index (Phi) is 5.76. The minimum Gasteiger partial charge on any atom is -0.391 e. The van der Waals surface area contributed by atoms with Crippen molar-refractivity contribution in [1.29, 1.82) is 0 Å². The van der Waals surface area contributed by atoms with Crippen LogP contribution in [0.5, 0.6) is 0 Å². The van der Waals surface area contributed by atoms with Crippen molar-refractivity contribution >= 4 is 28.6 Å². The van der Waals surface area contributed by atoms with Crippen molar-refractivity contribution in [3.63, 3.8) is 0 Å². The number of anilines is 1. The van der Waals surface area contributed by atoms with Crippen molar-refractivity contribution in [1.82, 2.24) is 19.5 Å². The van der Waals surface area contributed by atoms with Gasteiger partial charge in [0.1, 0.15) is 11.8 Å². The number of alkyl halides is 1. The Morgan fingerprint density at radius 2 is 2.00 bits per heavy atom. The molecule has 0 amide bonds. The Morgan fingerprint density at radius 3 is 2.71 bits per heavy atom. The van der Waals surface area contributed by atoms with E-state index in [1.807, 2.05) is 4.57 Å². The number of imidazole rings is 1. The van der Waals surface area contributed by atoms with Crippen LogP contribution in [0.4, 0.5) is 5.82 Å². The first-order chi connectivity index (χ1) is 10.1. The molecule has 0 radical (unpaired) electrons. The second-order valence-electron chi connectivity index (χ2n) is 5.28. The van der Waals surface area contributed by atoms with Crippen LogP contribution in [0.15, 0.2) is 12.7 Å². The minimum absolute atomic E-state index is 0.0553. The Bertz CT molecular complexity index is 571. The zero-order chi connectivity index (χ0) is 15.2. The van der Waals surface area contributed by atoms with Gasteiger partial charge in [-0.15, -0.1) is 11.6 Å². The van der Waals surface area contributed by atoms with Crippen molar-refractivity contribution in [2.45, 2.75) is 51.2 Å². The molecule has 0 aliphatic carbocycles. The molecule has 2 aromatic rings. The number of fused-ring (bicyclic) bond motifs is 1. The molecule has 21 heavy (non-hydrogen) atoms. The fourth-order valence-electron chi connectivity index (χ4n) is 2.53. The fraction of sp³-hybridized carbons (Fsp3) is 0.643. The molecule has 0 saturated heterocycles. The maximum atomic E-state index is 10.1. The van der Waals surface area contributed by atoms with Gasteiger partial charge in [0.05, 0.1) is 18.5 Å². The highest BCUT2D eigenvalue weighted by atomic mass is 35.5. The van der Waals surface area contributed by atoms with Crippen LogP contribution in [0.1, 0.15) is 45.1 Å². The maximum Gasteiger partial charge on any atom is 0.165 e. The molecule has 7 heteroatoms. The smallest absolute Gasteiger partial charge is 0.165 e. The predicted octanol–water partition coefficient (Wildman–Crippen LogP) is 2.52. The number of aromatic nitrogens is 4. The van der Waals surface area contributed by atoms with Crippen LogP contribution in [0.3, 0.4) is 0 Å². The van der Waals surface area contributed by atoms with Crippen LogP contribution < -0.4 is 5.73 Å². The molecule has 0 aromatic carbocycles. The van der Waals surface area contributed by atoms with Gasteiger partial charge in [-0.1, -0.05) is 19.3 Å². The molecule has 0 fully saturated rings. The molecule has 0 spiro atoms. The van der Waals surface area contributed by atoms with Gasteiger partial charge < -0.3 is 15.4 Å². The molecule has 0 bridgehead atoms.